The minimum atomic E-state index is -0.599. The average Bonchev–Trinajstić information content (AvgIpc) is 3.22. The first-order valence-corrected chi connectivity index (χ1v) is 10.0. The van der Waals surface area contributed by atoms with Crippen LogP contribution in [0.2, 0.25) is 0 Å². The van der Waals surface area contributed by atoms with Crippen LogP contribution in [0.4, 0.5) is 11.4 Å². The van der Waals surface area contributed by atoms with Gasteiger partial charge < -0.3 is 20.3 Å². The van der Waals surface area contributed by atoms with Crippen molar-refractivity contribution < 1.29 is 14.3 Å². The van der Waals surface area contributed by atoms with Crippen LogP contribution in [-0.2, 0) is 9.53 Å². The predicted molar refractivity (Wildman–Crippen MR) is 109 cm³/mol. The average molecular weight is 388 g/mol. The van der Waals surface area contributed by atoms with Crippen molar-refractivity contribution in [2.24, 2.45) is 5.92 Å². The Kier molecular flexibility index (Phi) is 6.47. The van der Waals surface area contributed by atoms with E-state index in [1.807, 2.05) is 49.6 Å². The lowest BCUT2D eigenvalue weighted by atomic mass is 10.0. The summed E-state index contributed by atoms with van der Waals surface area (Å²) in [6.07, 6.45) is 0. The third-order valence-corrected chi connectivity index (χ3v) is 5.36. The molecule has 1 unspecified atom stereocenters. The standard InChI is InChI=1S/C20H25N3O3S/c1-14(2)18(22-19(24)17-4-3-13-27-17)20(25)21-15-5-7-16(8-6-15)23-9-11-26-12-10-23/h3-8,13-14,18H,9-12H2,1-2H3,(H,21,25)(H,22,24). The van der Waals surface area contributed by atoms with E-state index in [2.05, 4.69) is 15.5 Å². The van der Waals surface area contributed by atoms with Crippen molar-refractivity contribution >= 4 is 34.5 Å². The van der Waals surface area contributed by atoms with E-state index >= 15 is 0 Å². The van der Waals surface area contributed by atoms with Gasteiger partial charge in [0.05, 0.1) is 18.1 Å². The van der Waals surface area contributed by atoms with E-state index in [4.69, 9.17) is 4.74 Å². The summed E-state index contributed by atoms with van der Waals surface area (Å²) < 4.78 is 5.37. The van der Waals surface area contributed by atoms with E-state index in [0.29, 0.717) is 10.6 Å². The van der Waals surface area contributed by atoms with Gasteiger partial charge in [0.2, 0.25) is 5.91 Å². The molecule has 0 saturated carbocycles. The SMILES string of the molecule is CC(C)C(NC(=O)c1cccs1)C(=O)Nc1ccc(N2CCOCC2)cc1. The summed E-state index contributed by atoms with van der Waals surface area (Å²) in [7, 11) is 0. The number of thiophene rings is 1. The second-order valence-electron chi connectivity index (χ2n) is 6.81. The fourth-order valence-electron chi connectivity index (χ4n) is 2.95. The maximum Gasteiger partial charge on any atom is 0.262 e. The summed E-state index contributed by atoms with van der Waals surface area (Å²) in [5.74, 6) is -0.461. The second-order valence-corrected chi connectivity index (χ2v) is 7.76. The molecule has 0 aliphatic carbocycles. The predicted octanol–water partition coefficient (Wildman–Crippen LogP) is 2.98. The second kappa shape index (κ2) is 9.01. The molecule has 2 aromatic rings. The number of anilines is 2. The fraction of sp³-hybridized carbons (Fsp3) is 0.400. The van der Waals surface area contributed by atoms with Gasteiger partial charge in [-0.2, -0.15) is 0 Å². The number of rotatable bonds is 6. The van der Waals surface area contributed by atoms with Crippen LogP contribution >= 0.6 is 11.3 Å². The van der Waals surface area contributed by atoms with Gasteiger partial charge >= 0.3 is 0 Å². The molecule has 1 aromatic carbocycles. The van der Waals surface area contributed by atoms with E-state index in [1.165, 1.54) is 11.3 Å². The topological polar surface area (TPSA) is 70.7 Å². The van der Waals surface area contributed by atoms with Crippen LogP contribution in [0.5, 0.6) is 0 Å². The van der Waals surface area contributed by atoms with Crippen LogP contribution < -0.4 is 15.5 Å². The van der Waals surface area contributed by atoms with Crippen molar-refractivity contribution in [3.63, 3.8) is 0 Å². The van der Waals surface area contributed by atoms with E-state index in [0.717, 1.165) is 32.0 Å². The van der Waals surface area contributed by atoms with Crippen LogP contribution in [-0.4, -0.2) is 44.2 Å². The highest BCUT2D eigenvalue weighted by Crippen LogP contribution is 2.19. The van der Waals surface area contributed by atoms with Gasteiger partial charge in [-0.25, -0.2) is 0 Å². The molecule has 0 radical (unpaired) electrons. The number of hydrogen-bond donors (Lipinski definition) is 2. The van der Waals surface area contributed by atoms with Crippen molar-refractivity contribution in [1.29, 1.82) is 0 Å². The Balaban J connectivity index is 1.62. The van der Waals surface area contributed by atoms with Crippen LogP contribution in [0.15, 0.2) is 41.8 Å². The Hall–Kier alpha value is -2.38. The number of hydrogen-bond acceptors (Lipinski definition) is 5. The van der Waals surface area contributed by atoms with E-state index in [1.54, 1.807) is 6.07 Å². The number of morpholine rings is 1. The van der Waals surface area contributed by atoms with Crippen molar-refractivity contribution in [2.45, 2.75) is 19.9 Å². The molecule has 7 heteroatoms. The van der Waals surface area contributed by atoms with Gasteiger partial charge in [-0.05, 0) is 41.6 Å². The molecule has 0 bridgehead atoms. The molecule has 2 N–H and O–H groups in total. The number of carbonyl (C=O) groups is 2. The quantitative estimate of drug-likeness (QED) is 0.799. The van der Waals surface area contributed by atoms with E-state index in [9.17, 15) is 9.59 Å². The highest BCUT2D eigenvalue weighted by Gasteiger charge is 2.25. The van der Waals surface area contributed by atoms with Crippen LogP contribution in [0.3, 0.4) is 0 Å². The molecule has 0 spiro atoms. The Bertz CT molecular complexity index is 753. The number of ether oxygens (including phenoxy) is 1. The maximum atomic E-state index is 12.7. The first-order valence-electron chi connectivity index (χ1n) is 9.12. The lowest BCUT2D eigenvalue weighted by Crippen LogP contribution is -2.46. The third kappa shape index (κ3) is 5.08. The molecule has 1 fully saturated rings. The molecule has 6 nitrogen and oxygen atoms in total. The van der Waals surface area contributed by atoms with Crippen molar-refractivity contribution in [3.8, 4) is 0 Å². The lowest BCUT2D eigenvalue weighted by Gasteiger charge is -2.29. The molecule has 3 rings (SSSR count). The minimum absolute atomic E-state index is 0.0264. The lowest BCUT2D eigenvalue weighted by molar-refractivity contribution is -0.118. The summed E-state index contributed by atoms with van der Waals surface area (Å²) in [6, 6.07) is 10.7. The van der Waals surface area contributed by atoms with Gasteiger partial charge in [-0.1, -0.05) is 19.9 Å². The number of nitrogens with zero attached hydrogens (tertiary/aromatic N) is 1. The van der Waals surface area contributed by atoms with Crippen LogP contribution in [0.25, 0.3) is 0 Å². The zero-order valence-electron chi connectivity index (χ0n) is 15.6. The monoisotopic (exact) mass is 387 g/mol. The van der Waals surface area contributed by atoms with E-state index in [-0.39, 0.29) is 17.7 Å². The van der Waals surface area contributed by atoms with Gasteiger partial charge in [0, 0.05) is 24.5 Å². The van der Waals surface area contributed by atoms with Gasteiger partial charge in [-0.15, -0.1) is 11.3 Å². The Morgan fingerprint density at radius 1 is 1.11 bits per heavy atom. The summed E-state index contributed by atoms with van der Waals surface area (Å²) in [5.41, 5.74) is 1.83. The summed E-state index contributed by atoms with van der Waals surface area (Å²) in [5, 5.41) is 7.59. The Labute approximate surface area is 163 Å². The molecule has 1 aliphatic heterocycles. The fourth-order valence-corrected chi connectivity index (χ4v) is 3.58. The number of carbonyl (C=O) groups excluding carboxylic acids is 2. The van der Waals surface area contributed by atoms with Gasteiger partial charge in [0.15, 0.2) is 0 Å². The molecule has 144 valence electrons. The highest BCUT2D eigenvalue weighted by atomic mass is 32.1. The molecule has 1 atom stereocenters. The zero-order valence-corrected chi connectivity index (χ0v) is 16.4. The Morgan fingerprint density at radius 3 is 2.41 bits per heavy atom. The van der Waals surface area contributed by atoms with Crippen LogP contribution in [0, 0.1) is 5.92 Å². The van der Waals surface area contributed by atoms with Gasteiger partial charge in [0.25, 0.3) is 5.91 Å². The van der Waals surface area contributed by atoms with Crippen LogP contribution in [0.1, 0.15) is 23.5 Å². The molecule has 27 heavy (non-hydrogen) atoms. The largest absolute Gasteiger partial charge is 0.378 e. The zero-order chi connectivity index (χ0) is 19.2. The first-order chi connectivity index (χ1) is 13.0. The van der Waals surface area contributed by atoms with E-state index < -0.39 is 6.04 Å². The molecule has 1 saturated heterocycles. The molecule has 1 aliphatic rings. The molecule has 2 amide bonds. The summed E-state index contributed by atoms with van der Waals surface area (Å²) in [6.45, 7) is 7.05. The molecular formula is C20H25N3O3S. The van der Waals surface area contributed by atoms with Gasteiger partial charge in [-0.3, -0.25) is 9.59 Å². The minimum Gasteiger partial charge on any atom is -0.378 e. The molecule has 2 heterocycles. The Morgan fingerprint density at radius 2 is 1.81 bits per heavy atom. The molecular weight excluding hydrogens is 362 g/mol. The number of benzene rings is 1. The van der Waals surface area contributed by atoms with Crippen molar-refractivity contribution in [2.75, 3.05) is 36.5 Å². The highest BCUT2D eigenvalue weighted by molar-refractivity contribution is 7.12. The normalized spacial score (nSPS) is 15.4. The van der Waals surface area contributed by atoms with Gasteiger partial charge in [0.1, 0.15) is 6.04 Å². The third-order valence-electron chi connectivity index (χ3n) is 4.49. The summed E-state index contributed by atoms with van der Waals surface area (Å²) >= 11 is 1.36. The van der Waals surface area contributed by atoms with Crippen molar-refractivity contribution in [1.82, 2.24) is 5.32 Å². The first kappa shape index (κ1) is 19.4. The van der Waals surface area contributed by atoms with Crippen molar-refractivity contribution in [3.05, 3.63) is 46.7 Å². The number of nitrogens with one attached hydrogen (secondary N) is 2. The smallest absolute Gasteiger partial charge is 0.262 e. The maximum absolute atomic E-state index is 12.7. The molecule has 1 aromatic heterocycles. The number of amides is 2. The summed E-state index contributed by atoms with van der Waals surface area (Å²) in [4.78, 5) is 27.9.